The quantitative estimate of drug-likeness (QED) is 0.770. The summed E-state index contributed by atoms with van der Waals surface area (Å²) in [7, 11) is 0. The van der Waals surface area contributed by atoms with Crippen molar-refractivity contribution in [2.24, 2.45) is 0 Å². The molecule has 4 heteroatoms. The van der Waals surface area contributed by atoms with Crippen LogP contribution in [-0.2, 0) is 9.53 Å². The van der Waals surface area contributed by atoms with Crippen molar-refractivity contribution in [1.29, 1.82) is 0 Å². The number of rotatable bonds is 5. The third kappa shape index (κ3) is 3.62. The molecule has 16 heavy (non-hydrogen) atoms. The van der Waals surface area contributed by atoms with Gasteiger partial charge in [-0.15, -0.1) is 0 Å². The standard InChI is InChI=1S/C12H18N2O2/c1-4-16-12(15)10(3)14-9(2)11-7-5-6-8-13-11/h5-10,14H,4H2,1-3H3/t9-,10?/m1/s1. The van der Waals surface area contributed by atoms with Gasteiger partial charge in [-0.1, -0.05) is 6.07 Å². The second kappa shape index (κ2) is 6.23. The van der Waals surface area contributed by atoms with E-state index in [-0.39, 0.29) is 18.1 Å². The first kappa shape index (κ1) is 12.6. The maximum absolute atomic E-state index is 11.4. The van der Waals surface area contributed by atoms with Crippen LogP contribution in [0, 0.1) is 0 Å². The van der Waals surface area contributed by atoms with Gasteiger partial charge in [0.25, 0.3) is 0 Å². The van der Waals surface area contributed by atoms with Gasteiger partial charge in [-0.3, -0.25) is 15.1 Å². The van der Waals surface area contributed by atoms with Crippen molar-refractivity contribution in [3.63, 3.8) is 0 Å². The molecule has 0 amide bonds. The fourth-order valence-corrected chi connectivity index (χ4v) is 1.43. The smallest absolute Gasteiger partial charge is 0.322 e. The zero-order valence-electron chi connectivity index (χ0n) is 9.93. The van der Waals surface area contributed by atoms with Crippen molar-refractivity contribution >= 4 is 5.97 Å². The summed E-state index contributed by atoms with van der Waals surface area (Å²) in [5.74, 6) is -0.231. The SMILES string of the molecule is CCOC(=O)C(C)N[C@H](C)c1ccccn1. The average Bonchev–Trinajstić information content (AvgIpc) is 2.30. The van der Waals surface area contributed by atoms with Gasteiger partial charge in [0.15, 0.2) is 0 Å². The van der Waals surface area contributed by atoms with Gasteiger partial charge in [-0.05, 0) is 32.9 Å². The number of nitrogens with one attached hydrogen (secondary N) is 1. The summed E-state index contributed by atoms with van der Waals surface area (Å²) < 4.78 is 4.92. The Morgan fingerprint density at radius 1 is 1.50 bits per heavy atom. The Kier molecular flexibility index (Phi) is 4.92. The molecule has 1 aromatic rings. The number of aromatic nitrogens is 1. The van der Waals surface area contributed by atoms with E-state index in [9.17, 15) is 4.79 Å². The van der Waals surface area contributed by atoms with E-state index in [1.54, 1.807) is 20.0 Å². The van der Waals surface area contributed by atoms with Crippen LogP contribution < -0.4 is 5.32 Å². The van der Waals surface area contributed by atoms with Gasteiger partial charge in [0.2, 0.25) is 0 Å². The lowest BCUT2D eigenvalue weighted by Gasteiger charge is -2.18. The molecule has 4 nitrogen and oxygen atoms in total. The van der Waals surface area contributed by atoms with E-state index in [0.29, 0.717) is 6.61 Å². The Morgan fingerprint density at radius 3 is 2.81 bits per heavy atom. The summed E-state index contributed by atoms with van der Waals surface area (Å²) in [6.07, 6.45) is 1.74. The predicted molar refractivity (Wildman–Crippen MR) is 61.9 cm³/mol. The first-order valence-electron chi connectivity index (χ1n) is 5.48. The normalized spacial score (nSPS) is 14.2. The molecule has 0 bridgehead atoms. The lowest BCUT2D eigenvalue weighted by Crippen LogP contribution is -2.37. The summed E-state index contributed by atoms with van der Waals surface area (Å²) in [6.45, 7) is 5.96. The van der Waals surface area contributed by atoms with Crippen LogP contribution >= 0.6 is 0 Å². The lowest BCUT2D eigenvalue weighted by molar-refractivity contribution is -0.145. The summed E-state index contributed by atoms with van der Waals surface area (Å²) in [6, 6.07) is 5.42. The van der Waals surface area contributed by atoms with Gasteiger partial charge >= 0.3 is 5.97 Å². The first-order valence-corrected chi connectivity index (χ1v) is 5.48. The summed E-state index contributed by atoms with van der Waals surface area (Å²) in [5.41, 5.74) is 0.915. The predicted octanol–water partition coefficient (Wildman–Crippen LogP) is 1.68. The second-order valence-corrected chi connectivity index (χ2v) is 3.62. The lowest BCUT2D eigenvalue weighted by atomic mass is 10.2. The molecule has 0 saturated carbocycles. The molecule has 0 spiro atoms. The number of ether oxygens (including phenoxy) is 1. The van der Waals surface area contributed by atoms with Gasteiger partial charge in [0.05, 0.1) is 12.3 Å². The van der Waals surface area contributed by atoms with E-state index in [4.69, 9.17) is 4.74 Å². The van der Waals surface area contributed by atoms with Crippen molar-refractivity contribution in [2.75, 3.05) is 6.61 Å². The van der Waals surface area contributed by atoms with E-state index in [1.165, 1.54) is 0 Å². The number of nitrogens with zero attached hydrogens (tertiary/aromatic N) is 1. The number of hydrogen-bond acceptors (Lipinski definition) is 4. The van der Waals surface area contributed by atoms with Crippen molar-refractivity contribution in [1.82, 2.24) is 10.3 Å². The van der Waals surface area contributed by atoms with Gasteiger partial charge in [0, 0.05) is 12.2 Å². The third-order valence-corrected chi connectivity index (χ3v) is 2.27. The summed E-state index contributed by atoms with van der Waals surface area (Å²) in [5, 5.41) is 3.14. The van der Waals surface area contributed by atoms with Crippen LogP contribution in [0.25, 0.3) is 0 Å². The highest BCUT2D eigenvalue weighted by molar-refractivity contribution is 5.75. The molecule has 0 aliphatic carbocycles. The molecule has 1 rings (SSSR count). The van der Waals surface area contributed by atoms with Gasteiger partial charge in [-0.25, -0.2) is 0 Å². The van der Waals surface area contributed by atoms with Crippen molar-refractivity contribution in [3.05, 3.63) is 30.1 Å². The average molecular weight is 222 g/mol. The topological polar surface area (TPSA) is 51.2 Å². The number of hydrogen-bond donors (Lipinski definition) is 1. The van der Waals surface area contributed by atoms with E-state index in [1.807, 2.05) is 25.1 Å². The molecule has 1 N–H and O–H groups in total. The minimum atomic E-state index is -0.322. The van der Waals surface area contributed by atoms with Crippen LogP contribution in [-0.4, -0.2) is 23.6 Å². The molecule has 0 radical (unpaired) electrons. The Labute approximate surface area is 96.0 Å². The van der Waals surface area contributed by atoms with Crippen LogP contribution in [0.1, 0.15) is 32.5 Å². The van der Waals surface area contributed by atoms with E-state index < -0.39 is 0 Å². The largest absolute Gasteiger partial charge is 0.465 e. The maximum atomic E-state index is 11.4. The number of carbonyl (C=O) groups excluding carboxylic acids is 1. The number of carbonyl (C=O) groups is 1. The van der Waals surface area contributed by atoms with Crippen molar-refractivity contribution < 1.29 is 9.53 Å². The fourth-order valence-electron chi connectivity index (χ4n) is 1.43. The molecule has 1 aromatic heterocycles. The molecule has 88 valence electrons. The molecular weight excluding hydrogens is 204 g/mol. The van der Waals surface area contributed by atoms with Crippen LogP contribution in [0.5, 0.6) is 0 Å². The van der Waals surface area contributed by atoms with Gasteiger partial charge in [-0.2, -0.15) is 0 Å². The zero-order valence-corrected chi connectivity index (χ0v) is 9.93. The van der Waals surface area contributed by atoms with Crippen LogP contribution in [0.4, 0.5) is 0 Å². The zero-order chi connectivity index (χ0) is 12.0. The molecule has 0 aliphatic heterocycles. The van der Waals surface area contributed by atoms with Crippen molar-refractivity contribution in [3.8, 4) is 0 Å². The number of esters is 1. The molecule has 1 unspecified atom stereocenters. The first-order chi connectivity index (χ1) is 7.65. The summed E-state index contributed by atoms with van der Waals surface area (Å²) >= 11 is 0. The molecule has 0 fully saturated rings. The Hall–Kier alpha value is -1.42. The fraction of sp³-hybridized carbons (Fsp3) is 0.500. The minimum Gasteiger partial charge on any atom is -0.465 e. The Bertz CT molecular complexity index is 327. The molecule has 0 aliphatic rings. The van der Waals surface area contributed by atoms with Crippen LogP contribution in [0.3, 0.4) is 0 Å². The van der Waals surface area contributed by atoms with E-state index in [0.717, 1.165) is 5.69 Å². The highest BCUT2D eigenvalue weighted by atomic mass is 16.5. The maximum Gasteiger partial charge on any atom is 0.322 e. The molecule has 1 heterocycles. The Balaban J connectivity index is 2.51. The highest BCUT2D eigenvalue weighted by Crippen LogP contribution is 2.09. The number of pyridine rings is 1. The van der Waals surface area contributed by atoms with Gasteiger partial charge < -0.3 is 4.74 Å². The molecule has 2 atom stereocenters. The third-order valence-electron chi connectivity index (χ3n) is 2.27. The minimum absolute atomic E-state index is 0.0283. The monoisotopic (exact) mass is 222 g/mol. The van der Waals surface area contributed by atoms with Crippen molar-refractivity contribution in [2.45, 2.75) is 32.9 Å². The Morgan fingerprint density at radius 2 is 2.25 bits per heavy atom. The molecule has 0 saturated heterocycles. The van der Waals surface area contributed by atoms with E-state index >= 15 is 0 Å². The van der Waals surface area contributed by atoms with E-state index in [2.05, 4.69) is 10.3 Å². The van der Waals surface area contributed by atoms with Gasteiger partial charge in [0.1, 0.15) is 6.04 Å². The highest BCUT2D eigenvalue weighted by Gasteiger charge is 2.17. The second-order valence-electron chi connectivity index (χ2n) is 3.62. The molecule has 0 aromatic carbocycles. The van der Waals surface area contributed by atoms with Crippen LogP contribution in [0.2, 0.25) is 0 Å². The summed E-state index contributed by atoms with van der Waals surface area (Å²) in [4.78, 5) is 15.6. The van der Waals surface area contributed by atoms with Crippen LogP contribution in [0.15, 0.2) is 24.4 Å². The molecular formula is C12H18N2O2.